The maximum absolute atomic E-state index is 11.1. The first-order valence-corrected chi connectivity index (χ1v) is 26.2. The summed E-state index contributed by atoms with van der Waals surface area (Å²) in [4.78, 5) is 0. The number of aliphatic hydroxyl groups excluding tert-OH is 1. The minimum Gasteiger partial charge on any atom is -0.394 e. The molecule has 6 aromatic rings. The third-order valence-electron chi connectivity index (χ3n) is 13.3. The number of rotatable bonds is 30. The van der Waals surface area contributed by atoms with Crippen LogP contribution in [0.15, 0.2) is 182 Å². The predicted octanol–water partition coefficient (Wildman–Crippen LogP) is 11.3. The van der Waals surface area contributed by atoms with Gasteiger partial charge in [-0.25, -0.2) is 0 Å². The molecule has 73 heavy (non-hydrogen) atoms. The lowest BCUT2D eigenvalue weighted by Gasteiger charge is -2.48. The van der Waals surface area contributed by atoms with Gasteiger partial charge in [0.05, 0.1) is 52.9 Å². The van der Waals surface area contributed by atoms with Gasteiger partial charge in [-0.2, -0.15) is 0 Å². The summed E-state index contributed by atoms with van der Waals surface area (Å²) in [6.45, 7) is 3.96. The second-order valence-corrected chi connectivity index (χ2v) is 18.8. The average molecular weight is 995 g/mol. The van der Waals surface area contributed by atoms with Gasteiger partial charge in [-0.1, -0.05) is 221 Å². The van der Waals surface area contributed by atoms with Gasteiger partial charge < -0.3 is 52.5 Å². The Bertz CT molecular complexity index is 2350. The molecule has 11 heteroatoms. The Hall–Kier alpha value is -5.12. The number of aliphatic hydroxyl groups is 1. The maximum atomic E-state index is 11.1. The van der Waals surface area contributed by atoms with E-state index in [1.165, 1.54) is 19.3 Å². The summed E-state index contributed by atoms with van der Waals surface area (Å²) in [5, 5.41) is 11.1. The van der Waals surface area contributed by atoms with Crippen LogP contribution in [0.5, 0.6) is 0 Å². The zero-order valence-corrected chi connectivity index (χ0v) is 42.2. The third-order valence-corrected chi connectivity index (χ3v) is 13.3. The van der Waals surface area contributed by atoms with Gasteiger partial charge in [-0.05, 0) is 39.8 Å². The van der Waals surface area contributed by atoms with Crippen molar-refractivity contribution in [3.05, 3.63) is 215 Å². The van der Waals surface area contributed by atoms with Crippen molar-refractivity contribution in [2.45, 2.75) is 147 Å². The van der Waals surface area contributed by atoms with E-state index in [9.17, 15) is 5.11 Å². The van der Waals surface area contributed by atoms with Crippen molar-refractivity contribution in [1.29, 1.82) is 0 Å². The van der Waals surface area contributed by atoms with E-state index in [0.29, 0.717) is 19.8 Å². The predicted molar refractivity (Wildman–Crippen MR) is 280 cm³/mol. The van der Waals surface area contributed by atoms with Crippen LogP contribution >= 0.6 is 0 Å². The van der Waals surface area contributed by atoms with Crippen LogP contribution in [0.2, 0.25) is 0 Å². The zero-order chi connectivity index (χ0) is 50.1. The quantitative estimate of drug-likeness (QED) is 0.0435. The van der Waals surface area contributed by atoms with Crippen LogP contribution in [0.25, 0.3) is 0 Å². The molecule has 2 saturated heterocycles. The molecule has 0 radical (unpaired) electrons. The molecule has 0 spiro atoms. The lowest BCUT2D eigenvalue weighted by molar-refractivity contribution is -0.352. The van der Waals surface area contributed by atoms with Crippen molar-refractivity contribution in [3.8, 4) is 0 Å². The van der Waals surface area contributed by atoms with E-state index in [0.717, 1.165) is 52.6 Å². The van der Waals surface area contributed by atoms with Crippen molar-refractivity contribution in [1.82, 2.24) is 0 Å². The van der Waals surface area contributed by atoms with Crippen LogP contribution in [-0.2, 0) is 87.0 Å². The van der Waals surface area contributed by atoms with Gasteiger partial charge in [-0.3, -0.25) is 0 Å². The van der Waals surface area contributed by atoms with E-state index >= 15 is 0 Å². The molecule has 2 fully saturated rings. The summed E-state index contributed by atoms with van der Waals surface area (Å²) in [6.07, 6.45) is -1.20. The molecule has 2 aliphatic rings. The van der Waals surface area contributed by atoms with E-state index < -0.39 is 61.4 Å². The number of benzene rings is 6. The van der Waals surface area contributed by atoms with Crippen LogP contribution in [-0.4, -0.2) is 86.3 Å². The van der Waals surface area contributed by atoms with Crippen LogP contribution in [0.1, 0.15) is 78.8 Å². The Morgan fingerprint density at radius 2 is 0.630 bits per heavy atom. The first-order chi connectivity index (χ1) is 36.1. The molecule has 2 heterocycles. The molecule has 0 bridgehead atoms. The lowest BCUT2D eigenvalue weighted by Crippen LogP contribution is -2.64. The van der Waals surface area contributed by atoms with Crippen molar-refractivity contribution in [2.24, 2.45) is 0 Å². The molecule has 6 aromatic carbocycles. The van der Waals surface area contributed by atoms with Crippen LogP contribution in [0, 0.1) is 0 Å². The van der Waals surface area contributed by atoms with Crippen LogP contribution in [0.3, 0.4) is 0 Å². The van der Waals surface area contributed by atoms with E-state index in [-0.39, 0.29) is 39.6 Å². The molecule has 0 aromatic heterocycles. The molecule has 0 unspecified atom stereocenters. The Kier molecular flexibility index (Phi) is 22.5. The van der Waals surface area contributed by atoms with Gasteiger partial charge in [0.25, 0.3) is 0 Å². The van der Waals surface area contributed by atoms with Gasteiger partial charge in [-0.15, -0.1) is 0 Å². The third kappa shape index (κ3) is 16.9. The summed E-state index contributed by atoms with van der Waals surface area (Å²) in [5.41, 5.74) is 5.91. The Morgan fingerprint density at radius 1 is 0.329 bits per heavy atom. The highest BCUT2D eigenvalue weighted by atomic mass is 16.8. The lowest BCUT2D eigenvalue weighted by atomic mass is 9.97. The van der Waals surface area contributed by atoms with Gasteiger partial charge >= 0.3 is 0 Å². The molecule has 0 aliphatic carbocycles. The highest BCUT2D eigenvalue weighted by Crippen LogP contribution is 2.35. The molecule has 388 valence electrons. The molecule has 8 rings (SSSR count). The number of unbranched alkanes of at least 4 members (excludes halogenated alkanes) is 5. The molecule has 0 saturated carbocycles. The van der Waals surface area contributed by atoms with E-state index in [1.807, 2.05) is 182 Å². The highest BCUT2D eigenvalue weighted by Gasteiger charge is 2.52. The van der Waals surface area contributed by atoms with Crippen molar-refractivity contribution in [2.75, 3.05) is 19.8 Å². The molecular weight excluding hydrogens is 921 g/mol. The SMILES string of the molecule is CCCCCCCCO[C@H]1O[C@H](CO[C@H]2O[C@H](CO)[C@@H](OCc3ccccc3)[C@H](OCc3ccccc3)[C@H]2OCc2ccccc2)[C@@H](OCc2ccccc2)[C@H](OCc2ccccc2)[C@@H]1OCc1ccccc1. The molecule has 2 aliphatic heterocycles. The largest absolute Gasteiger partial charge is 0.394 e. The normalized spacial score (nSPS) is 24.1. The standard InChI is InChI=1S/C62H74O11/c1-2-3-4-5-6-25-38-64-61-59(69-44-51-34-21-11-22-35-51)58(68-43-50-32-19-10-20-33-50)56(66-41-48-28-15-8-16-29-48)54(73-61)46-71-62-60(70-45-52-36-23-12-24-37-52)57(67-42-49-30-17-9-18-31-49)55(53(39-63)72-62)65-40-47-26-13-7-14-27-47/h7-24,26-37,53-63H,2-6,25,38-46H2,1H3/t53-,54-,55-,56-,57+,58+,59+,60-,61+,62+/m1/s1. The number of hydrogen-bond acceptors (Lipinski definition) is 11. The number of ether oxygens (including phenoxy) is 10. The zero-order valence-electron chi connectivity index (χ0n) is 42.2. The van der Waals surface area contributed by atoms with Gasteiger partial charge in [0.1, 0.15) is 48.8 Å². The second-order valence-electron chi connectivity index (χ2n) is 18.8. The van der Waals surface area contributed by atoms with Crippen molar-refractivity contribution < 1.29 is 52.5 Å². The van der Waals surface area contributed by atoms with Crippen LogP contribution < -0.4 is 0 Å². The fourth-order valence-corrected chi connectivity index (χ4v) is 9.31. The molecular formula is C62H74O11. The summed E-state index contributed by atoms with van der Waals surface area (Å²) in [5.74, 6) is 0. The van der Waals surface area contributed by atoms with E-state index in [2.05, 4.69) is 6.92 Å². The van der Waals surface area contributed by atoms with E-state index in [4.69, 9.17) is 47.4 Å². The minimum absolute atomic E-state index is 0.0259. The van der Waals surface area contributed by atoms with Crippen LogP contribution in [0.4, 0.5) is 0 Å². The summed E-state index contributed by atoms with van der Waals surface area (Å²) < 4.78 is 68.9. The molecule has 11 nitrogen and oxygen atoms in total. The Labute approximate surface area is 432 Å². The molecule has 1 N–H and O–H groups in total. The van der Waals surface area contributed by atoms with Gasteiger partial charge in [0.15, 0.2) is 12.6 Å². The van der Waals surface area contributed by atoms with Crippen molar-refractivity contribution in [3.63, 3.8) is 0 Å². The minimum atomic E-state index is -1.05. The highest BCUT2D eigenvalue weighted by molar-refractivity contribution is 5.18. The maximum Gasteiger partial charge on any atom is 0.187 e. The summed E-state index contributed by atoms with van der Waals surface area (Å²) in [6, 6.07) is 60.1. The monoisotopic (exact) mass is 995 g/mol. The van der Waals surface area contributed by atoms with Crippen molar-refractivity contribution >= 4 is 0 Å². The van der Waals surface area contributed by atoms with Gasteiger partial charge in [0, 0.05) is 6.61 Å². The van der Waals surface area contributed by atoms with E-state index in [1.54, 1.807) is 0 Å². The summed E-state index contributed by atoms with van der Waals surface area (Å²) >= 11 is 0. The Balaban J connectivity index is 1.12. The fourth-order valence-electron chi connectivity index (χ4n) is 9.31. The summed E-state index contributed by atoms with van der Waals surface area (Å²) in [7, 11) is 0. The molecule has 0 amide bonds. The smallest absolute Gasteiger partial charge is 0.187 e. The Morgan fingerprint density at radius 3 is 1.00 bits per heavy atom. The fraction of sp³-hybridized carbons (Fsp3) is 0.419. The first kappa shape index (κ1) is 54.2. The average Bonchev–Trinajstić information content (AvgIpc) is 3.45. The number of hydrogen-bond donors (Lipinski definition) is 1. The first-order valence-electron chi connectivity index (χ1n) is 26.2. The second kappa shape index (κ2) is 30.3. The molecule has 10 atom stereocenters. The topological polar surface area (TPSA) is 113 Å². The van der Waals surface area contributed by atoms with Gasteiger partial charge in [0.2, 0.25) is 0 Å².